The number of hydrogen-bond acceptors (Lipinski definition) is 2. The lowest BCUT2D eigenvalue weighted by Gasteiger charge is -2.14. The van der Waals surface area contributed by atoms with E-state index in [2.05, 4.69) is 0 Å². The topological polar surface area (TPSA) is 30.2 Å². The van der Waals surface area contributed by atoms with Crippen LogP contribution in [0.3, 0.4) is 0 Å². The number of pyridine rings is 1. The van der Waals surface area contributed by atoms with Gasteiger partial charge in [0.1, 0.15) is 29.8 Å². The summed E-state index contributed by atoms with van der Waals surface area (Å²) < 4.78 is 66.3. The van der Waals surface area contributed by atoms with E-state index in [1.165, 1.54) is 6.26 Å². The second-order valence-corrected chi connectivity index (χ2v) is 10.5. The van der Waals surface area contributed by atoms with Crippen LogP contribution >= 0.6 is 0 Å². The van der Waals surface area contributed by atoms with Crippen LogP contribution in [-0.4, -0.2) is 0 Å². The molecular formula is C34H29FNO2+. The van der Waals surface area contributed by atoms with Crippen LogP contribution in [0.25, 0.3) is 55.6 Å². The van der Waals surface area contributed by atoms with Gasteiger partial charge in [0.25, 0.3) is 0 Å². The summed E-state index contributed by atoms with van der Waals surface area (Å²) in [4.78, 5) is 0. The minimum atomic E-state index is -1.99. The summed E-state index contributed by atoms with van der Waals surface area (Å²) in [6.07, 6.45) is -0.437. The Labute approximate surface area is 226 Å². The van der Waals surface area contributed by atoms with E-state index in [-0.39, 0.29) is 22.3 Å². The number of furan rings is 2. The molecular weight excluding hydrogens is 473 g/mol. The van der Waals surface area contributed by atoms with Crippen LogP contribution in [0.1, 0.15) is 36.0 Å². The van der Waals surface area contributed by atoms with E-state index in [1.54, 1.807) is 50.2 Å². The van der Waals surface area contributed by atoms with E-state index in [1.807, 2.05) is 55.1 Å². The van der Waals surface area contributed by atoms with Gasteiger partial charge < -0.3 is 8.83 Å². The zero-order valence-corrected chi connectivity index (χ0v) is 21.6. The van der Waals surface area contributed by atoms with Crippen molar-refractivity contribution in [1.29, 1.82) is 0 Å². The van der Waals surface area contributed by atoms with Crippen LogP contribution in [0, 0.1) is 18.2 Å². The number of benzene rings is 3. The first-order valence-electron chi connectivity index (χ1n) is 14.7. The second-order valence-electron chi connectivity index (χ2n) is 10.5. The number of nitrogens with zero attached hydrogens (tertiary/aromatic N) is 1. The zero-order chi connectivity index (χ0) is 29.8. The molecule has 0 aliphatic heterocycles. The molecule has 0 bridgehead atoms. The van der Waals surface area contributed by atoms with Gasteiger partial charge in [-0.1, -0.05) is 44.2 Å². The first kappa shape index (κ1) is 19.0. The fourth-order valence-corrected chi connectivity index (χ4v) is 5.64. The van der Waals surface area contributed by atoms with Crippen LogP contribution in [0.2, 0.25) is 0 Å². The Morgan fingerprint density at radius 3 is 2.50 bits per heavy atom. The third-order valence-electron chi connectivity index (χ3n) is 7.38. The molecule has 6 aromatic rings. The summed E-state index contributed by atoms with van der Waals surface area (Å²) in [6.45, 7) is 5.20. The fourth-order valence-electron chi connectivity index (χ4n) is 5.64. The summed E-state index contributed by atoms with van der Waals surface area (Å²) in [5.74, 6) is -0.193. The van der Waals surface area contributed by atoms with Crippen LogP contribution in [0.15, 0.2) is 88.0 Å². The highest BCUT2D eigenvalue weighted by molar-refractivity contribution is 6.14. The van der Waals surface area contributed by atoms with Gasteiger partial charge in [0, 0.05) is 28.4 Å². The molecule has 7 rings (SSSR count). The fraction of sp³-hybridized carbons (Fsp3) is 0.206. The molecule has 4 heteroatoms. The third kappa shape index (κ3) is 3.43. The molecule has 38 heavy (non-hydrogen) atoms. The van der Waals surface area contributed by atoms with Crippen molar-refractivity contribution in [2.24, 2.45) is 12.5 Å². The molecule has 3 heterocycles. The van der Waals surface area contributed by atoms with E-state index in [4.69, 9.17) is 14.3 Å². The van der Waals surface area contributed by atoms with Crippen molar-refractivity contribution in [2.45, 2.75) is 33.5 Å². The number of aromatic nitrogens is 1. The number of fused-ring (bicyclic) bond motifs is 4. The molecule has 0 spiro atoms. The molecule has 188 valence electrons. The molecule has 0 N–H and O–H groups in total. The maximum absolute atomic E-state index is 16.7. The molecule has 3 aromatic heterocycles. The molecule has 3 nitrogen and oxygen atoms in total. The van der Waals surface area contributed by atoms with Crippen LogP contribution in [0.5, 0.6) is 0 Å². The predicted octanol–water partition coefficient (Wildman–Crippen LogP) is 8.58. The van der Waals surface area contributed by atoms with Gasteiger partial charge in [-0.2, -0.15) is 0 Å². The monoisotopic (exact) mass is 506 g/mol. The van der Waals surface area contributed by atoms with Crippen molar-refractivity contribution < 1.29 is 23.3 Å². The van der Waals surface area contributed by atoms with E-state index >= 15 is 4.39 Å². The summed E-state index contributed by atoms with van der Waals surface area (Å²) in [5, 5.41) is 1.52. The van der Waals surface area contributed by atoms with Gasteiger partial charge in [0.2, 0.25) is 5.69 Å². The van der Waals surface area contributed by atoms with Gasteiger partial charge in [-0.05, 0) is 71.6 Å². The highest BCUT2D eigenvalue weighted by Gasteiger charge is 2.30. The first-order chi connectivity index (χ1) is 19.9. The van der Waals surface area contributed by atoms with Crippen molar-refractivity contribution in [3.05, 3.63) is 102 Å². The van der Waals surface area contributed by atoms with Crippen molar-refractivity contribution in [1.82, 2.24) is 0 Å². The molecule has 0 radical (unpaired) electrons. The van der Waals surface area contributed by atoms with Crippen LogP contribution in [-0.2, 0) is 19.8 Å². The first-order valence-corrected chi connectivity index (χ1v) is 12.7. The Hall–Kier alpha value is -4.18. The van der Waals surface area contributed by atoms with Gasteiger partial charge in [-0.25, -0.2) is 8.96 Å². The van der Waals surface area contributed by atoms with Gasteiger partial charge in [0.15, 0.2) is 6.20 Å². The number of aryl methyl sites for hydroxylation is 2. The van der Waals surface area contributed by atoms with Crippen molar-refractivity contribution >= 4 is 21.9 Å². The lowest BCUT2D eigenvalue weighted by Crippen LogP contribution is -2.30. The quantitative estimate of drug-likeness (QED) is 0.225. The van der Waals surface area contributed by atoms with E-state index in [0.29, 0.717) is 27.9 Å². The van der Waals surface area contributed by atoms with Gasteiger partial charge in [-0.15, -0.1) is 0 Å². The third-order valence-corrected chi connectivity index (χ3v) is 7.38. The van der Waals surface area contributed by atoms with Crippen molar-refractivity contribution in [3.63, 3.8) is 0 Å². The molecule has 1 aliphatic rings. The van der Waals surface area contributed by atoms with Crippen molar-refractivity contribution in [3.8, 4) is 33.7 Å². The standard InChI is InChI=1S/C34H29FNO2/c1-20-10-13-24-25-17-26(28-9-7-15-37-28)31(35)30(21-11-12-22-18-34(2,3)19-23(22)16-21)33(25)38-32(24)29(20)27-8-5-6-14-36(27)4/h5-17H,18-19H2,1-4H3/q+1/i18D2,19D2. The molecule has 0 amide bonds. The largest absolute Gasteiger partial charge is 0.464 e. The predicted molar refractivity (Wildman–Crippen MR) is 149 cm³/mol. The summed E-state index contributed by atoms with van der Waals surface area (Å²) >= 11 is 0. The smallest absolute Gasteiger partial charge is 0.216 e. The minimum Gasteiger partial charge on any atom is -0.464 e. The molecule has 0 unspecified atom stereocenters. The maximum Gasteiger partial charge on any atom is 0.216 e. The normalized spacial score (nSPS) is 18.7. The maximum atomic E-state index is 16.7. The summed E-state index contributed by atoms with van der Waals surface area (Å²) in [5.41, 5.74) is 3.83. The van der Waals surface area contributed by atoms with E-state index in [9.17, 15) is 0 Å². The highest BCUT2D eigenvalue weighted by atomic mass is 19.1. The Balaban J connectivity index is 1.59. The minimum absolute atomic E-state index is 0.181. The zero-order valence-electron chi connectivity index (χ0n) is 25.6. The number of rotatable bonds is 3. The Kier molecular flexibility index (Phi) is 4.07. The van der Waals surface area contributed by atoms with Crippen LogP contribution < -0.4 is 4.57 Å². The Morgan fingerprint density at radius 2 is 1.71 bits per heavy atom. The Bertz CT molecular complexity index is 2060. The molecule has 1 aliphatic carbocycles. The molecule has 0 saturated carbocycles. The Morgan fingerprint density at radius 1 is 0.895 bits per heavy atom. The average Bonchev–Trinajstić information content (AvgIpc) is 3.63. The van der Waals surface area contributed by atoms with Crippen molar-refractivity contribution in [2.75, 3.05) is 0 Å². The lowest BCUT2D eigenvalue weighted by molar-refractivity contribution is -0.660. The molecule has 0 atom stereocenters. The van der Waals surface area contributed by atoms with Crippen LogP contribution in [0.4, 0.5) is 4.39 Å². The van der Waals surface area contributed by atoms with Gasteiger partial charge in [-0.3, -0.25) is 0 Å². The average molecular weight is 507 g/mol. The number of hydrogen-bond donors (Lipinski definition) is 0. The highest BCUT2D eigenvalue weighted by Crippen LogP contribution is 2.46. The lowest BCUT2D eigenvalue weighted by atomic mass is 9.90. The second kappa shape index (κ2) is 8.16. The van der Waals surface area contributed by atoms with E-state index in [0.717, 1.165) is 22.2 Å². The van der Waals surface area contributed by atoms with Gasteiger partial charge >= 0.3 is 0 Å². The number of halogens is 1. The summed E-state index contributed by atoms with van der Waals surface area (Å²) in [7, 11) is 1.97. The molecule has 0 fully saturated rings. The van der Waals surface area contributed by atoms with E-state index < -0.39 is 24.0 Å². The summed E-state index contributed by atoms with van der Waals surface area (Å²) in [6, 6.07) is 19.9. The SMILES string of the molecule is [2H]C1([2H])c2ccc(-c3c(F)c(-c4ccco4)cc4c3oc3c(-c5cccc[n+]5C)c(C)ccc34)cc2C([2H])([2H])C1(C)C. The molecule has 0 saturated heterocycles. The molecule has 3 aromatic carbocycles. The van der Waals surface area contributed by atoms with Gasteiger partial charge in [0.05, 0.1) is 23.0 Å².